The van der Waals surface area contributed by atoms with Crippen molar-refractivity contribution < 1.29 is 14.4 Å². The summed E-state index contributed by atoms with van der Waals surface area (Å²) in [6, 6.07) is 19.3. The van der Waals surface area contributed by atoms with Crippen LogP contribution in [0.2, 0.25) is 5.02 Å². The number of rotatable bonds is 8. The number of unbranched alkanes of at least 4 members (excludes halogenated alkanes) is 1. The molecule has 3 aromatic carbocycles. The van der Waals surface area contributed by atoms with E-state index >= 15 is 0 Å². The number of benzene rings is 3. The van der Waals surface area contributed by atoms with Gasteiger partial charge in [0.1, 0.15) is 10.7 Å². The van der Waals surface area contributed by atoms with E-state index in [0.717, 1.165) is 29.7 Å². The molecule has 0 spiro atoms. The van der Waals surface area contributed by atoms with Crippen molar-refractivity contribution in [2.75, 3.05) is 15.5 Å². The maximum absolute atomic E-state index is 13.1. The Balaban J connectivity index is 1.52. The minimum Gasteiger partial charge on any atom is -0.349 e. The maximum atomic E-state index is 13.1. The molecular formula is C28H25Cl2N3O3. The number of hydrogen-bond acceptors (Lipinski definition) is 4. The van der Waals surface area contributed by atoms with Gasteiger partial charge in [0, 0.05) is 22.0 Å². The molecule has 0 saturated heterocycles. The third-order valence-corrected chi connectivity index (χ3v) is 6.47. The minimum absolute atomic E-state index is 0.0648. The molecule has 0 fully saturated rings. The molecule has 0 radical (unpaired) electrons. The first-order chi connectivity index (χ1) is 17.3. The van der Waals surface area contributed by atoms with Crippen LogP contribution in [-0.2, 0) is 16.0 Å². The second-order valence-corrected chi connectivity index (χ2v) is 9.34. The molecule has 6 nitrogen and oxygen atoms in total. The molecule has 1 aliphatic rings. The van der Waals surface area contributed by atoms with Crippen molar-refractivity contribution in [1.82, 2.24) is 0 Å². The van der Waals surface area contributed by atoms with Crippen LogP contribution in [0.4, 0.5) is 17.1 Å². The summed E-state index contributed by atoms with van der Waals surface area (Å²) in [6.07, 6.45) is 3.26. The molecule has 0 saturated carbocycles. The van der Waals surface area contributed by atoms with E-state index in [2.05, 4.69) is 17.6 Å². The minimum atomic E-state index is -0.652. The molecule has 4 rings (SSSR count). The normalized spacial score (nSPS) is 13.4. The molecule has 0 aromatic heterocycles. The fraction of sp³-hybridized carbons (Fsp3) is 0.179. The number of nitrogens with zero attached hydrogens (tertiary/aromatic N) is 1. The van der Waals surface area contributed by atoms with Gasteiger partial charge in [-0.25, -0.2) is 4.90 Å². The van der Waals surface area contributed by atoms with E-state index in [1.165, 1.54) is 11.6 Å². The predicted molar refractivity (Wildman–Crippen MR) is 145 cm³/mol. The fourth-order valence-corrected chi connectivity index (χ4v) is 4.23. The molecule has 8 heteroatoms. The Morgan fingerprint density at radius 3 is 2.39 bits per heavy atom. The number of amides is 3. The number of hydrogen-bond donors (Lipinski definition) is 2. The number of imide groups is 1. The van der Waals surface area contributed by atoms with Gasteiger partial charge in [-0.2, -0.15) is 0 Å². The molecule has 0 bridgehead atoms. The summed E-state index contributed by atoms with van der Waals surface area (Å²) >= 11 is 12.3. The van der Waals surface area contributed by atoms with Gasteiger partial charge in [-0.3, -0.25) is 14.4 Å². The maximum Gasteiger partial charge on any atom is 0.283 e. The van der Waals surface area contributed by atoms with E-state index in [1.54, 1.807) is 36.4 Å². The number of aryl methyl sites for hydroxylation is 2. The first kappa shape index (κ1) is 25.5. The van der Waals surface area contributed by atoms with Crippen LogP contribution in [-0.4, -0.2) is 17.7 Å². The van der Waals surface area contributed by atoms with Crippen LogP contribution in [0.1, 0.15) is 41.3 Å². The molecule has 0 atom stereocenters. The zero-order valence-electron chi connectivity index (χ0n) is 19.9. The Morgan fingerprint density at radius 1 is 0.944 bits per heavy atom. The van der Waals surface area contributed by atoms with E-state index in [1.807, 2.05) is 31.2 Å². The largest absolute Gasteiger partial charge is 0.349 e. The second-order valence-electron chi connectivity index (χ2n) is 8.52. The lowest BCUT2D eigenvalue weighted by atomic mass is 10.1. The number of nitrogens with one attached hydrogen (secondary N) is 2. The summed E-state index contributed by atoms with van der Waals surface area (Å²) in [5, 5.41) is 6.00. The molecule has 3 amide bonds. The van der Waals surface area contributed by atoms with Crippen LogP contribution in [0.25, 0.3) is 0 Å². The summed E-state index contributed by atoms with van der Waals surface area (Å²) in [6.45, 7) is 3.98. The lowest BCUT2D eigenvalue weighted by Gasteiger charge is -2.16. The van der Waals surface area contributed by atoms with Crippen molar-refractivity contribution in [3.8, 4) is 0 Å². The molecular weight excluding hydrogens is 497 g/mol. The van der Waals surface area contributed by atoms with Gasteiger partial charge in [0.15, 0.2) is 0 Å². The predicted octanol–water partition coefficient (Wildman–Crippen LogP) is 6.68. The van der Waals surface area contributed by atoms with Gasteiger partial charge in [-0.15, -0.1) is 0 Å². The Morgan fingerprint density at radius 2 is 1.69 bits per heavy atom. The second kappa shape index (κ2) is 11.0. The van der Waals surface area contributed by atoms with E-state index in [9.17, 15) is 14.4 Å². The first-order valence-electron chi connectivity index (χ1n) is 11.6. The number of carbonyl (C=O) groups is 3. The van der Waals surface area contributed by atoms with Gasteiger partial charge in [0.05, 0.1) is 5.69 Å². The average molecular weight is 522 g/mol. The molecule has 1 heterocycles. The highest BCUT2D eigenvalue weighted by atomic mass is 35.5. The molecule has 184 valence electrons. The summed E-state index contributed by atoms with van der Waals surface area (Å²) in [7, 11) is 0. The zero-order chi connectivity index (χ0) is 25.8. The standard InChI is InChI=1S/C28H25Cl2N3O3/c1-3-4-6-18-10-13-21(14-11-18)31-26(34)19-12-9-17(2)23(15-19)32-25-24(30)27(35)33(28(25)36)22-8-5-7-20(29)16-22/h5,7-16,32H,3-4,6H2,1-2H3,(H,31,34). The number of halogens is 2. The molecule has 2 N–H and O–H groups in total. The Bertz CT molecular complexity index is 1370. The third kappa shape index (κ3) is 5.45. The van der Waals surface area contributed by atoms with E-state index < -0.39 is 11.8 Å². The van der Waals surface area contributed by atoms with Gasteiger partial charge >= 0.3 is 0 Å². The topological polar surface area (TPSA) is 78.5 Å². The number of anilines is 3. The highest BCUT2D eigenvalue weighted by Gasteiger charge is 2.39. The molecule has 3 aromatic rings. The Kier molecular flexibility index (Phi) is 7.77. The van der Waals surface area contributed by atoms with E-state index in [-0.39, 0.29) is 16.6 Å². The van der Waals surface area contributed by atoms with Gasteiger partial charge in [0.2, 0.25) is 0 Å². The van der Waals surface area contributed by atoms with Crippen LogP contribution in [0.3, 0.4) is 0 Å². The van der Waals surface area contributed by atoms with Crippen LogP contribution in [0.15, 0.2) is 77.5 Å². The number of carbonyl (C=O) groups excluding carboxylic acids is 3. The Labute approximate surface area is 219 Å². The van der Waals surface area contributed by atoms with Crippen molar-refractivity contribution in [3.05, 3.63) is 99.2 Å². The van der Waals surface area contributed by atoms with Gasteiger partial charge < -0.3 is 10.6 Å². The highest BCUT2D eigenvalue weighted by Crippen LogP contribution is 2.32. The highest BCUT2D eigenvalue weighted by molar-refractivity contribution is 6.53. The van der Waals surface area contributed by atoms with Crippen molar-refractivity contribution in [2.24, 2.45) is 0 Å². The Hall–Kier alpha value is -3.61. The zero-order valence-corrected chi connectivity index (χ0v) is 21.4. The van der Waals surface area contributed by atoms with Gasteiger partial charge in [-0.05, 0) is 73.4 Å². The van der Waals surface area contributed by atoms with Gasteiger partial charge in [0.25, 0.3) is 17.7 Å². The average Bonchev–Trinajstić information content (AvgIpc) is 3.07. The van der Waals surface area contributed by atoms with E-state index in [4.69, 9.17) is 23.2 Å². The van der Waals surface area contributed by atoms with Crippen LogP contribution < -0.4 is 15.5 Å². The lowest BCUT2D eigenvalue weighted by Crippen LogP contribution is -2.32. The lowest BCUT2D eigenvalue weighted by molar-refractivity contribution is -0.120. The van der Waals surface area contributed by atoms with Crippen molar-refractivity contribution in [1.29, 1.82) is 0 Å². The molecule has 0 aliphatic carbocycles. The summed E-state index contributed by atoms with van der Waals surface area (Å²) in [5.41, 5.74) is 3.81. The smallest absolute Gasteiger partial charge is 0.283 e. The van der Waals surface area contributed by atoms with Crippen LogP contribution >= 0.6 is 23.2 Å². The van der Waals surface area contributed by atoms with Crippen molar-refractivity contribution in [3.63, 3.8) is 0 Å². The SMILES string of the molecule is CCCCc1ccc(NC(=O)c2ccc(C)c(NC3=C(Cl)C(=O)N(c4cccc(Cl)c4)C3=O)c2)cc1. The quantitative estimate of drug-likeness (QED) is 0.324. The van der Waals surface area contributed by atoms with Crippen LogP contribution in [0, 0.1) is 6.92 Å². The molecule has 0 unspecified atom stereocenters. The summed E-state index contributed by atoms with van der Waals surface area (Å²) < 4.78 is 0. The monoisotopic (exact) mass is 521 g/mol. The first-order valence-corrected chi connectivity index (χ1v) is 12.4. The third-order valence-electron chi connectivity index (χ3n) is 5.88. The summed E-state index contributed by atoms with van der Waals surface area (Å²) in [5.74, 6) is -1.56. The van der Waals surface area contributed by atoms with Gasteiger partial charge in [-0.1, -0.05) is 60.8 Å². The van der Waals surface area contributed by atoms with Crippen LogP contribution in [0.5, 0.6) is 0 Å². The summed E-state index contributed by atoms with van der Waals surface area (Å²) in [4.78, 5) is 39.7. The van der Waals surface area contributed by atoms with Crippen molar-refractivity contribution >= 4 is 58.0 Å². The fourth-order valence-electron chi connectivity index (χ4n) is 3.83. The molecule has 1 aliphatic heterocycles. The van der Waals surface area contributed by atoms with E-state index in [0.29, 0.717) is 27.6 Å². The molecule has 36 heavy (non-hydrogen) atoms. The van der Waals surface area contributed by atoms with Crippen molar-refractivity contribution in [2.45, 2.75) is 33.1 Å².